The van der Waals surface area contributed by atoms with Gasteiger partial charge in [-0.1, -0.05) is 12.2 Å². The number of rotatable bonds is 6. The fourth-order valence-corrected chi connectivity index (χ4v) is 2.39. The molecule has 0 saturated heterocycles. The van der Waals surface area contributed by atoms with Crippen molar-refractivity contribution in [3.63, 3.8) is 0 Å². The van der Waals surface area contributed by atoms with E-state index in [2.05, 4.69) is 9.46 Å². The number of hydrogen-bond acceptors (Lipinski definition) is 3. The fourth-order valence-electron chi connectivity index (χ4n) is 1.35. The normalized spacial score (nSPS) is 12.8. The third-order valence-electron chi connectivity index (χ3n) is 2.21. The van der Waals surface area contributed by atoms with E-state index in [0.717, 1.165) is 24.3 Å². The predicted octanol–water partition coefficient (Wildman–Crippen LogP) is 2.83. The highest BCUT2D eigenvalue weighted by atomic mass is 32.2. The molecule has 20 heavy (non-hydrogen) atoms. The van der Waals surface area contributed by atoms with Gasteiger partial charge in [0.2, 0.25) is 10.0 Å². The average Bonchev–Trinajstić information content (AvgIpc) is 2.33. The number of nitrogens with one attached hydrogen (secondary N) is 1. The smallest absolute Gasteiger partial charge is 0.406 e. The number of ether oxygens (including phenoxy) is 1. The summed E-state index contributed by atoms with van der Waals surface area (Å²) < 4.78 is 65.4. The molecule has 8 heteroatoms. The van der Waals surface area contributed by atoms with E-state index in [4.69, 9.17) is 0 Å². The first-order chi connectivity index (χ1) is 9.24. The Morgan fingerprint density at radius 1 is 1.25 bits per heavy atom. The van der Waals surface area contributed by atoms with E-state index in [1.807, 2.05) is 6.92 Å². The van der Waals surface area contributed by atoms with Crippen LogP contribution >= 0.6 is 0 Å². The highest BCUT2D eigenvalue weighted by Crippen LogP contribution is 2.23. The van der Waals surface area contributed by atoms with Crippen molar-refractivity contribution in [1.82, 2.24) is 4.72 Å². The van der Waals surface area contributed by atoms with Crippen molar-refractivity contribution in [2.45, 2.75) is 24.6 Å². The maximum Gasteiger partial charge on any atom is 0.573 e. The largest absolute Gasteiger partial charge is 0.573 e. The Morgan fingerprint density at radius 2 is 1.85 bits per heavy atom. The van der Waals surface area contributed by atoms with E-state index in [-0.39, 0.29) is 11.4 Å². The van der Waals surface area contributed by atoms with Crippen molar-refractivity contribution in [2.24, 2.45) is 0 Å². The van der Waals surface area contributed by atoms with Gasteiger partial charge in [-0.25, -0.2) is 13.1 Å². The van der Waals surface area contributed by atoms with Crippen molar-refractivity contribution >= 4 is 10.0 Å². The Balaban J connectivity index is 2.72. The standard InChI is InChI=1S/C12H14F3NO3S/c1-2-3-4-9-16-20(17,18)11-7-5-10(6-8-11)19-12(13,14)15/h2-3,5-8,16H,4,9H2,1H3/b3-2+. The van der Waals surface area contributed by atoms with Gasteiger partial charge in [-0.15, -0.1) is 13.2 Å². The van der Waals surface area contributed by atoms with Gasteiger partial charge < -0.3 is 4.74 Å². The Labute approximate surface area is 115 Å². The molecule has 0 fully saturated rings. The van der Waals surface area contributed by atoms with Gasteiger partial charge in [0.15, 0.2) is 0 Å². The zero-order valence-electron chi connectivity index (χ0n) is 10.6. The molecule has 1 aromatic carbocycles. The maximum atomic E-state index is 12.0. The van der Waals surface area contributed by atoms with E-state index >= 15 is 0 Å². The van der Waals surface area contributed by atoms with E-state index < -0.39 is 22.1 Å². The third kappa shape index (κ3) is 5.62. The first-order valence-electron chi connectivity index (χ1n) is 5.71. The molecular formula is C12H14F3NO3S. The lowest BCUT2D eigenvalue weighted by molar-refractivity contribution is -0.274. The molecule has 0 amide bonds. The summed E-state index contributed by atoms with van der Waals surface area (Å²) in [4.78, 5) is -0.118. The van der Waals surface area contributed by atoms with Crippen LogP contribution in [0.25, 0.3) is 0 Å². The summed E-state index contributed by atoms with van der Waals surface area (Å²) in [5.41, 5.74) is 0. The van der Waals surface area contributed by atoms with Crippen molar-refractivity contribution in [1.29, 1.82) is 0 Å². The predicted molar refractivity (Wildman–Crippen MR) is 67.7 cm³/mol. The van der Waals surface area contributed by atoms with Crippen molar-refractivity contribution in [2.75, 3.05) is 6.54 Å². The number of hydrogen-bond donors (Lipinski definition) is 1. The van der Waals surface area contributed by atoms with Crippen LogP contribution in [-0.4, -0.2) is 21.3 Å². The highest BCUT2D eigenvalue weighted by molar-refractivity contribution is 7.89. The van der Waals surface area contributed by atoms with E-state index in [1.54, 1.807) is 12.2 Å². The van der Waals surface area contributed by atoms with E-state index in [1.165, 1.54) is 0 Å². The molecule has 0 bridgehead atoms. The molecule has 0 unspecified atom stereocenters. The lowest BCUT2D eigenvalue weighted by Crippen LogP contribution is -2.24. The number of benzene rings is 1. The average molecular weight is 309 g/mol. The summed E-state index contributed by atoms with van der Waals surface area (Å²) in [6, 6.07) is 4.01. The van der Waals surface area contributed by atoms with E-state index in [9.17, 15) is 21.6 Å². The van der Waals surface area contributed by atoms with Gasteiger partial charge in [-0.3, -0.25) is 0 Å². The van der Waals surface area contributed by atoms with Crippen LogP contribution in [0.15, 0.2) is 41.3 Å². The third-order valence-corrected chi connectivity index (χ3v) is 3.68. The van der Waals surface area contributed by atoms with Gasteiger partial charge in [-0.05, 0) is 37.6 Å². The molecule has 1 N–H and O–H groups in total. The van der Waals surface area contributed by atoms with Gasteiger partial charge >= 0.3 is 6.36 Å². The second-order valence-electron chi connectivity index (χ2n) is 3.77. The number of alkyl halides is 3. The molecule has 0 atom stereocenters. The van der Waals surface area contributed by atoms with Crippen LogP contribution in [-0.2, 0) is 10.0 Å². The van der Waals surface area contributed by atoms with Crippen LogP contribution in [0.1, 0.15) is 13.3 Å². The van der Waals surface area contributed by atoms with Crippen LogP contribution in [0.5, 0.6) is 5.75 Å². The number of halogens is 3. The van der Waals surface area contributed by atoms with Crippen LogP contribution in [0, 0.1) is 0 Å². The minimum atomic E-state index is -4.80. The minimum absolute atomic E-state index is 0.118. The zero-order chi connectivity index (χ0) is 15.2. The van der Waals surface area contributed by atoms with Crippen LogP contribution < -0.4 is 9.46 Å². The molecule has 0 saturated carbocycles. The molecule has 1 aromatic rings. The minimum Gasteiger partial charge on any atom is -0.406 e. The van der Waals surface area contributed by atoms with Gasteiger partial charge in [0, 0.05) is 6.54 Å². The molecule has 0 radical (unpaired) electrons. The second-order valence-corrected chi connectivity index (χ2v) is 5.54. The van der Waals surface area contributed by atoms with Gasteiger partial charge in [0.1, 0.15) is 5.75 Å². The topological polar surface area (TPSA) is 55.4 Å². The first-order valence-corrected chi connectivity index (χ1v) is 7.19. The Hall–Kier alpha value is -1.54. The Kier molecular flexibility index (Phi) is 5.58. The SMILES string of the molecule is C/C=C/CCNS(=O)(=O)c1ccc(OC(F)(F)F)cc1. The molecule has 0 spiro atoms. The summed E-state index contributed by atoms with van der Waals surface area (Å²) in [6.45, 7) is 2.03. The Morgan fingerprint density at radius 3 is 2.35 bits per heavy atom. The second kappa shape index (κ2) is 6.76. The summed E-state index contributed by atoms with van der Waals surface area (Å²) in [5, 5.41) is 0. The molecule has 4 nitrogen and oxygen atoms in total. The van der Waals surface area contributed by atoms with Crippen molar-refractivity contribution in [3.8, 4) is 5.75 Å². The molecule has 112 valence electrons. The summed E-state index contributed by atoms with van der Waals surface area (Å²) in [5.74, 6) is -0.467. The fraction of sp³-hybridized carbons (Fsp3) is 0.333. The molecule has 0 aromatic heterocycles. The highest BCUT2D eigenvalue weighted by Gasteiger charge is 2.31. The summed E-state index contributed by atoms with van der Waals surface area (Å²) >= 11 is 0. The molecule has 0 heterocycles. The number of allylic oxidation sites excluding steroid dienone is 1. The van der Waals surface area contributed by atoms with Crippen LogP contribution in [0.4, 0.5) is 13.2 Å². The van der Waals surface area contributed by atoms with Gasteiger partial charge in [0.05, 0.1) is 4.90 Å². The van der Waals surface area contributed by atoms with Gasteiger partial charge in [-0.2, -0.15) is 0 Å². The monoisotopic (exact) mass is 309 g/mol. The van der Waals surface area contributed by atoms with Crippen LogP contribution in [0.2, 0.25) is 0 Å². The van der Waals surface area contributed by atoms with E-state index in [0.29, 0.717) is 6.42 Å². The lowest BCUT2D eigenvalue weighted by atomic mass is 10.3. The molecular weight excluding hydrogens is 295 g/mol. The molecule has 0 aliphatic rings. The molecule has 1 rings (SSSR count). The van der Waals surface area contributed by atoms with Crippen LogP contribution in [0.3, 0.4) is 0 Å². The van der Waals surface area contributed by atoms with Crippen molar-refractivity contribution < 1.29 is 26.3 Å². The lowest BCUT2D eigenvalue weighted by Gasteiger charge is -2.10. The molecule has 0 aliphatic carbocycles. The molecule has 0 aliphatic heterocycles. The zero-order valence-corrected chi connectivity index (χ0v) is 11.5. The first kappa shape index (κ1) is 16.5. The Bertz CT molecular complexity index is 550. The summed E-state index contributed by atoms with van der Waals surface area (Å²) in [7, 11) is -3.72. The maximum absolute atomic E-state index is 12.0. The number of sulfonamides is 1. The van der Waals surface area contributed by atoms with Gasteiger partial charge in [0.25, 0.3) is 0 Å². The van der Waals surface area contributed by atoms with Crippen molar-refractivity contribution in [3.05, 3.63) is 36.4 Å². The quantitative estimate of drug-likeness (QED) is 0.649. The summed E-state index contributed by atoms with van der Waals surface area (Å²) in [6.07, 6.45) is -0.684.